The smallest absolute Gasteiger partial charge is 0.358 e. The Labute approximate surface area is 100 Å². The maximum Gasteiger partial charge on any atom is 0.358 e. The van der Waals surface area contributed by atoms with Gasteiger partial charge >= 0.3 is 5.97 Å². The summed E-state index contributed by atoms with van der Waals surface area (Å²) in [4.78, 5) is 11.1. The second-order valence-electron chi connectivity index (χ2n) is 3.27. The standard InChI is InChI=1S/C11H17N3O3/c1-3-17-8-4-7-12-10-6-5-9(13-14-10)11(15)16-2/h5-6H,3-4,7-8H2,1-2H3,(H,12,14). The van der Waals surface area contributed by atoms with Gasteiger partial charge in [0.15, 0.2) is 5.69 Å². The number of nitrogens with one attached hydrogen (secondary N) is 1. The molecule has 94 valence electrons. The van der Waals surface area contributed by atoms with Crippen LogP contribution in [-0.2, 0) is 9.47 Å². The fourth-order valence-electron chi connectivity index (χ4n) is 1.18. The fourth-order valence-corrected chi connectivity index (χ4v) is 1.18. The molecule has 0 aliphatic carbocycles. The molecule has 1 N–H and O–H groups in total. The van der Waals surface area contributed by atoms with Crippen molar-refractivity contribution in [2.24, 2.45) is 0 Å². The van der Waals surface area contributed by atoms with E-state index in [4.69, 9.17) is 4.74 Å². The van der Waals surface area contributed by atoms with E-state index in [1.165, 1.54) is 7.11 Å². The Kier molecular flexibility index (Phi) is 5.95. The lowest BCUT2D eigenvalue weighted by Gasteiger charge is -2.05. The van der Waals surface area contributed by atoms with Crippen molar-refractivity contribution in [2.75, 3.05) is 32.2 Å². The Morgan fingerprint density at radius 1 is 1.41 bits per heavy atom. The van der Waals surface area contributed by atoms with Crippen molar-refractivity contribution < 1.29 is 14.3 Å². The molecule has 0 spiro atoms. The van der Waals surface area contributed by atoms with Crippen LogP contribution in [0.15, 0.2) is 12.1 Å². The van der Waals surface area contributed by atoms with Crippen LogP contribution in [0.5, 0.6) is 0 Å². The molecule has 1 aromatic heterocycles. The molecule has 0 radical (unpaired) electrons. The number of esters is 1. The third kappa shape index (κ3) is 4.78. The van der Waals surface area contributed by atoms with E-state index in [1.54, 1.807) is 12.1 Å². The molecule has 17 heavy (non-hydrogen) atoms. The summed E-state index contributed by atoms with van der Waals surface area (Å²) in [6, 6.07) is 3.27. The van der Waals surface area contributed by atoms with Crippen LogP contribution in [-0.4, -0.2) is 43.0 Å². The molecule has 0 atom stereocenters. The summed E-state index contributed by atoms with van der Waals surface area (Å²) in [7, 11) is 1.31. The van der Waals surface area contributed by atoms with E-state index in [9.17, 15) is 4.79 Å². The van der Waals surface area contributed by atoms with E-state index in [0.717, 1.165) is 26.2 Å². The first-order valence-corrected chi connectivity index (χ1v) is 5.51. The molecule has 1 heterocycles. The van der Waals surface area contributed by atoms with Gasteiger partial charge in [-0.2, -0.15) is 0 Å². The van der Waals surface area contributed by atoms with Gasteiger partial charge in [0.25, 0.3) is 0 Å². The Hall–Kier alpha value is -1.69. The van der Waals surface area contributed by atoms with Gasteiger partial charge in [0.05, 0.1) is 7.11 Å². The molecule has 0 saturated heterocycles. The predicted molar refractivity (Wildman–Crippen MR) is 63.0 cm³/mol. The van der Waals surface area contributed by atoms with Gasteiger partial charge in [-0.05, 0) is 25.5 Å². The highest BCUT2D eigenvalue weighted by molar-refractivity contribution is 5.86. The van der Waals surface area contributed by atoms with Gasteiger partial charge in [-0.25, -0.2) is 4.79 Å². The molecule has 6 heteroatoms. The van der Waals surface area contributed by atoms with E-state index < -0.39 is 5.97 Å². The molecule has 0 aliphatic rings. The van der Waals surface area contributed by atoms with Crippen LogP contribution in [0.2, 0.25) is 0 Å². The van der Waals surface area contributed by atoms with Gasteiger partial charge in [0.2, 0.25) is 0 Å². The van der Waals surface area contributed by atoms with Crippen LogP contribution in [0.1, 0.15) is 23.8 Å². The minimum absolute atomic E-state index is 0.201. The largest absolute Gasteiger partial charge is 0.464 e. The van der Waals surface area contributed by atoms with Crippen LogP contribution in [0, 0.1) is 0 Å². The minimum Gasteiger partial charge on any atom is -0.464 e. The molecular weight excluding hydrogens is 222 g/mol. The number of carbonyl (C=O) groups excluding carboxylic acids is 1. The van der Waals surface area contributed by atoms with E-state index in [0.29, 0.717) is 5.82 Å². The molecule has 0 amide bonds. The lowest BCUT2D eigenvalue weighted by atomic mass is 10.4. The van der Waals surface area contributed by atoms with Gasteiger partial charge in [-0.15, -0.1) is 10.2 Å². The Balaban J connectivity index is 2.33. The van der Waals surface area contributed by atoms with Gasteiger partial charge in [-0.3, -0.25) is 0 Å². The SMILES string of the molecule is CCOCCCNc1ccc(C(=O)OC)nn1. The topological polar surface area (TPSA) is 73.3 Å². The van der Waals surface area contributed by atoms with Crippen LogP contribution in [0.25, 0.3) is 0 Å². The Bertz CT molecular complexity index is 340. The lowest BCUT2D eigenvalue weighted by Crippen LogP contribution is -2.10. The molecule has 6 nitrogen and oxygen atoms in total. The molecule has 0 unspecified atom stereocenters. The summed E-state index contributed by atoms with van der Waals surface area (Å²) in [5, 5.41) is 10.7. The van der Waals surface area contributed by atoms with Crippen LogP contribution >= 0.6 is 0 Å². The van der Waals surface area contributed by atoms with Gasteiger partial charge in [-0.1, -0.05) is 0 Å². The van der Waals surface area contributed by atoms with Crippen molar-refractivity contribution >= 4 is 11.8 Å². The Morgan fingerprint density at radius 3 is 2.82 bits per heavy atom. The number of hydrogen-bond donors (Lipinski definition) is 1. The van der Waals surface area contributed by atoms with Gasteiger partial charge in [0, 0.05) is 19.8 Å². The second kappa shape index (κ2) is 7.56. The average Bonchev–Trinajstić information content (AvgIpc) is 2.38. The second-order valence-corrected chi connectivity index (χ2v) is 3.27. The lowest BCUT2D eigenvalue weighted by molar-refractivity contribution is 0.0593. The number of carbonyl (C=O) groups is 1. The molecule has 0 saturated carbocycles. The third-order valence-corrected chi connectivity index (χ3v) is 2.03. The summed E-state index contributed by atoms with van der Waals surface area (Å²) in [6.07, 6.45) is 0.897. The van der Waals surface area contributed by atoms with Crippen molar-refractivity contribution in [3.8, 4) is 0 Å². The zero-order valence-corrected chi connectivity index (χ0v) is 10.1. The first-order valence-electron chi connectivity index (χ1n) is 5.51. The van der Waals surface area contributed by atoms with Crippen LogP contribution in [0.3, 0.4) is 0 Å². The number of rotatable bonds is 7. The van der Waals surface area contributed by atoms with E-state index in [-0.39, 0.29) is 5.69 Å². The molecule has 0 aromatic carbocycles. The number of methoxy groups -OCH3 is 1. The first kappa shape index (κ1) is 13.4. The highest BCUT2D eigenvalue weighted by Gasteiger charge is 2.06. The quantitative estimate of drug-likeness (QED) is 0.567. The van der Waals surface area contributed by atoms with Gasteiger partial charge < -0.3 is 14.8 Å². The van der Waals surface area contributed by atoms with Crippen molar-refractivity contribution in [2.45, 2.75) is 13.3 Å². The summed E-state index contributed by atoms with van der Waals surface area (Å²) in [6.45, 7) is 4.17. The minimum atomic E-state index is -0.486. The van der Waals surface area contributed by atoms with Crippen molar-refractivity contribution in [1.82, 2.24) is 10.2 Å². The zero-order valence-electron chi connectivity index (χ0n) is 10.1. The maximum absolute atomic E-state index is 11.1. The Morgan fingerprint density at radius 2 is 2.24 bits per heavy atom. The summed E-state index contributed by atoms with van der Waals surface area (Å²) in [5.41, 5.74) is 0.201. The zero-order chi connectivity index (χ0) is 12.5. The third-order valence-electron chi connectivity index (χ3n) is 2.03. The van der Waals surface area contributed by atoms with Crippen molar-refractivity contribution in [3.63, 3.8) is 0 Å². The van der Waals surface area contributed by atoms with Gasteiger partial charge in [0.1, 0.15) is 5.82 Å². The van der Waals surface area contributed by atoms with E-state index in [1.807, 2.05) is 6.92 Å². The molecule has 0 bridgehead atoms. The highest BCUT2D eigenvalue weighted by Crippen LogP contribution is 2.02. The maximum atomic E-state index is 11.1. The number of hydrogen-bond acceptors (Lipinski definition) is 6. The normalized spacial score (nSPS) is 10.0. The first-order chi connectivity index (χ1) is 8.27. The van der Waals surface area contributed by atoms with Crippen molar-refractivity contribution in [1.29, 1.82) is 0 Å². The average molecular weight is 239 g/mol. The predicted octanol–water partition coefficient (Wildman–Crippen LogP) is 1.10. The summed E-state index contributed by atoms with van der Waals surface area (Å²) >= 11 is 0. The molecule has 1 aromatic rings. The van der Waals surface area contributed by atoms with Crippen LogP contribution in [0.4, 0.5) is 5.82 Å². The number of nitrogens with zero attached hydrogens (tertiary/aromatic N) is 2. The fraction of sp³-hybridized carbons (Fsp3) is 0.545. The van der Waals surface area contributed by atoms with Crippen molar-refractivity contribution in [3.05, 3.63) is 17.8 Å². The molecule has 1 rings (SSSR count). The summed E-state index contributed by atoms with van der Waals surface area (Å²) in [5.74, 6) is 0.148. The number of ether oxygens (including phenoxy) is 2. The molecule has 0 aliphatic heterocycles. The monoisotopic (exact) mass is 239 g/mol. The number of anilines is 1. The van der Waals surface area contributed by atoms with Crippen LogP contribution < -0.4 is 5.32 Å². The van der Waals surface area contributed by atoms with E-state index >= 15 is 0 Å². The highest BCUT2D eigenvalue weighted by atomic mass is 16.5. The number of aromatic nitrogens is 2. The van der Waals surface area contributed by atoms with E-state index in [2.05, 4.69) is 20.3 Å². The molecular formula is C11H17N3O3. The summed E-state index contributed by atoms with van der Waals surface area (Å²) < 4.78 is 9.72. The molecule has 0 fully saturated rings.